The van der Waals surface area contributed by atoms with Gasteiger partial charge in [0.25, 0.3) is 11.6 Å². The molecule has 0 saturated carbocycles. The van der Waals surface area contributed by atoms with Gasteiger partial charge in [-0.15, -0.1) is 0 Å². The molecule has 0 spiro atoms. The predicted molar refractivity (Wildman–Crippen MR) is 102 cm³/mol. The van der Waals surface area contributed by atoms with Crippen LogP contribution < -0.4 is 14.8 Å². The van der Waals surface area contributed by atoms with Gasteiger partial charge in [0, 0.05) is 12.6 Å². The fourth-order valence-corrected chi connectivity index (χ4v) is 2.80. The smallest absolute Gasteiger partial charge is 0.346 e. The van der Waals surface area contributed by atoms with Crippen LogP contribution in [-0.2, 0) is 16.0 Å². The number of fused-ring (bicyclic) bond motifs is 1. The van der Waals surface area contributed by atoms with Gasteiger partial charge in [0.1, 0.15) is 24.6 Å². The van der Waals surface area contributed by atoms with E-state index in [-0.39, 0.29) is 42.6 Å². The number of carbonyl (C=O) groups excluding carboxylic acids is 2. The van der Waals surface area contributed by atoms with Crippen LogP contribution in [0.25, 0.3) is 0 Å². The van der Waals surface area contributed by atoms with Crippen LogP contribution in [0.15, 0.2) is 36.4 Å². The van der Waals surface area contributed by atoms with Gasteiger partial charge in [-0.05, 0) is 31.0 Å². The van der Waals surface area contributed by atoms with E-state index in [9.17, 15) is 24.1 Å². The van der Waals surface area contributed by atoms with Crippen molar-refractivity contribution in [3.63, 3.8) is 0 Å². The number of nitro benzene ring substituents is 1. The monoisotopic (exact) mass is 418 g/mol. The molecule has 1 atom stereocenters. The Morgan fingerprint density at radius 2 is 1.83 bits per heavy atom. The third-order valence-electron chi connectivity index (χ3n) is 4.36. The predicted octanol–water partition coefficient (Wildman–Crippen LogP) is 2.41. The molecule has 0 fully saturated rings. The number of nitrogens with one attached hydrogen (secondary N) is 1. The van der Waals surface area contributed by atoms with Crippen molar-refractivity contribution >= 4 is 17.6 Å². The van der Waals surface area contributed by atoms with Crippen molar-refractivity contribution in [2.24, 2.45) is 0 Å². The van der Waals surface area contributed by atoms with Crippen molar-refractivity contribution in [2.45, 2.75) is 19.4 Å². The van der Waals surface area contributed by atoms with E-state index in [1.165, 1.54) is 25.1 Å². The van der Waals surface area contributed by atoms with Gasteiger partial charge in [0.2, 0.25) is 0 Å². The number of esters is 1. The van der Waals surface area contributed by atoms with E-state index in [1.54, 1.807) is 12.1 Å². The normalized spacial score (nSPS) is 13.3. The van der Waals surface area contributed by atoms with Gasteiger partial charge in [-0.2, -0.15) is 0 Å². The fourth-order valence-electron chi connectivity index (χ4n) is 2.80. The molecule has 1 heterocycles. The minimum Gasteiger partial charge on any atom is -0.486 e. The third kappa shape index (κ3) is 5.02. The summed E-state index contributed by atoms with van der Waals surface area (Å²) in [6.07, 6.45) is -0.723. The first kappa shape index (κ1) is 21.0. The SMILES string of the molecule is C[C@@H](OC(=O)c1cc2c(cc1[N+](=O)[O-])OCCO2)C(=O)NCCc1ccc(F)cc1. The number of benzene rings is 2. The van der Waals surface area contributed by atoms with Crippen LogP contribution in [0, 0.1) is 15.9 Å². The highest BCUT2D eigenvalue weighted by Crippen LogP contribution is 2.37. The molecule has 1 aliphatic rings. The average molecular weight is 418 g/mol. The Hall–Kier alpha value is -3.69. The molecule has 9 nitrogen and oxygen atoms in total. The number of nitro groups is 1. The lowest BCUT2D eigenvalue weighted by atomic mass is 10.1. The van der Waals surface area contributed by atoms with Crippen molar-refractivity contribution in [3.8, 4) is 11.5 Å². The second kappa shape index (κ2) is 9.21. The molecule has 0 aliphatic carbocycles. The molecule has 0 radical (unpaired) electrons. The highest BCUT2D eigenvalue weighted by Gasteiger charge is 2.29. The maximum absolute atomic E-state index is 12.9. The van der Waals surface area contributed by atoms with E-state index < -0.39 is 28.6 Å². The number of rotatable bonds is 7. The van der Waals surface area contributed by atoms with E-state index in [1.807, 2.05) is 0 Å². The van der Waals surface area contributed by atoms with Crippen molar-refractivity contribution < 1.29 is 33.1 Å². The van der Waals surface area contributed by atoms with E-state index in [0.29, 0.717) is 6.42 Å². The summed E-state index contributed by atoms with van der Waals surface area (Å²) in [6.45, 7) is 2.08. The van der Waals surface area contributed by atoms with E-state index in [4.69, 9.17) is 14.2 Å². The zero-order valence-corrected chi connectivity index (χ0v) is 16.1. The van der Waals surface area contributed by atoms with Crippen LogP contribution in [0.4, 0.5) is 10.1 Å². The molecule has 158 valence electrons. The molecule has 0 saturated heterocycles. The molecular weight excluding hydrogens is 399 g/mol. The Morgan fingerprint density at radius 1 is 1.20 bits per heavy atom. The summed E-state index contributed by atoms with van der Waals surface area (Å²) in [5.41, 5.74) is -0.0170. The fraction of sp³-hybridized carbons (Fsp3) is 0.300. The zero-order valence-electron chi connectivity index (χ0n) is 16.1. The molecule has 1 aliphatic heterocycles. The highest BCUT2D eigenvalue weighted by atomic mass is 19.1. The summed E-state index contributed by atoms with van der Waals surface area (Å²) in [6, 6.07) is 8.12. The van der Waals surface area contributed by atoms with Crippen molar-refractivity contribution in [1.82, 2.24) is 5.32 Å². The Morgan fingerprint density at radius 3 is 2.47 bits per heavy atom. The average Bonchev–Trinajstić information content (AvgIpc) is 2.73. The summed E-state index contributed by atoms with van der Waals surface area (Å²) >= 11 is 0. The Bertz CT molecular complexity index is 962. The molecular formula is C20H19FN2O7. The first-order chi connectivity index (χ1) is 14.3. The lowest BCUT2D eigenvalue weighted by molar-refractivity contribution is -0.385. The topological polar surface area (TPSA) is 117 Å². The number of ether oxygens (including phenoxy) is 3. The highest BCUT2D eigenvalue weighted by molar-refractivity contribution is 5.96. The molecule has 30 heavy (non-hydrogen) atoms. The van der Waals surface area contributed by atoms with Gasteiger partial charge < -0.3 is 19.5 Å². The van der Waals surface area contributed by atoms with Crippen molar-refractivity contribution in [2.75, 3.05) is 19.8 Å². The summed E-state index contributed by atoms with van der Waals surface area (Å²) in [5, 5.41) is 13.9. The zero-order chi connectivity index (χ0) is 21.7. The van der Waals surface area contributed by atoms with Crippen LogP contribution in [0.5, 0.6) is 11.5 Å². The first-order valence-corrected chi connectivity index (χ1v) is 9.16. The summed E-state index contributed by atoms with van der Waals surface area (Å²) < 4.78 is 28.6. The number of halogens is 1. The van der Waals surface area contributed by atoms with Gasteiger partial charge in [0.05, 0.1) is 11.0 Å². The molecule has 1 N–H and O–H groups in total. The van der Waals surface area contributed by atoms with E-state index in [0.717, 1.165) is 11.6 Å². The summed E-state index contributed by atoms with van der Waals surface area (Å²) in [4.78, 5) is 35.2. The number of hydrogen-bond acceptors (Lipinski definition) is 7. The first-order valence-electron chi connectivity index (χ1n) is 9.16. The molecule has 2 aromatic rings. The number of nitrogens with zero attached hydrogens (tertiary/aromatic N) is 1. The van der Waals surface area contributed by atoms with Crippen LogP contribution in [0.1, 0.15) is 22.8 Å². The van der Waals surface area contributed by atoms with Gasteiger partial charge in [-0.1, -0.05) is 12.1 Å². The summed E-state index contributed by atoms with van der Waals surface area (Å²) in [7, 11) is 0. The molecule has 0 bridgehead atoms. The third-order valence-corrected chi connectivity index (χ3v) is 4.36. The Balaban J connectivity index is 1.61. The molecule has 2 aromatic carbocycles. The Labute approximate surface area is 170 Å². The Kier molecular flexibility index (Phi) is 6.45. The number of carbonyl (C=O) groups is 2. The van der Waals surface area contributed by atoms with Gasteiger partial charge in [-0.3, -0.25) is 14.9 Å². The van der Waals surface area contributed by atoms with E-state index >= 15 is 0 Å². The lowest BCUT2D eigenvalue weighted by Crippen LogP contribution is -2.37. The second-order valence-corrected chi connectivity index (χ2v) is 6.49. The van der Waals surface area contributed by atoms with Crippen LogP contribution in [0.2, 0.25) is 0 Å². The van der Waals surface area contributed by atoms with E-state index in [2.05, 4.69) is 5.32 Å². The van der Waals surface area contributed by atoms with Gasteiger partial charge >= 0.3 is 5.97 Å². The molecule has 3 rings (SSSR count). The molecule has 0 aromatic heterocycles. The molecule has 0 unspecified atom stereocenters. The van der Waals surface area contributed by atoms with Gasteiger partial charge in [0.15, 0.2) is 17.6 Å². The van der Waals surface area contributed by atoms with Gasteiger partial charge in [-0.25, -0.2) is 9.18 Å². The quantitative estimate of drug-likeness (QED) is 0.417. The van der Waals surface area contributed by atoms with Crippen molar-refractivity contribution in [1.29, 1.82) is 0 Å². The number of amides is 1. The lowest BCUT2D eigenvalue weighted by Gasteiger charge is -2.19. The van der Waals surface area contributed by atoms with Crippen LogP contribution >= 0.6 is 0 Å². The maximum atomic E-state index is 12.9. The van der Waals surface area contributed by atoms with Crippen molar-refractivity contribution in [3.05, 3.63) is 63.5 Å². The largest absolute Gasteiger partial charge is 0.486 e. The van der Waals surface area contributed by atoms with Crippen LogP contribution in [0.3, 0.4) is 0 Å². The number of hydrogen-bond donors (Lipinski definition) is 1. The second-order valence-electron chi connectivity index (χ2n) is 6.49. The minimum atomic E-state index is -1.18. The minimum absolute atomic E-state index is 0.163. The van der Waals surface area contributed by atoms with Crippen LogP contribution in [-0.4, -0.2) is 42.7 Å². The molecule has 10 heteroatoms. The standard InChI is InChI=1S/C20H19FN2O7/c1-12(19(24)22-7-6-13-2-4-14(21)5-3-13)30-20(25)15-10-17-18(29-9-8-28-17)11-16(15)23(26)27/h2-5,10-12H,6-9H2,1H3,(H,22,24)/t12-/m1/s1. The summed E-state index contributed by atoms with van der Waals surface area (Å²) in [5.74, 6) is -1.59. The molecule has 1 amide bonds. The maximum Gasteiger partial charge on any atom is 0.346 e.